The number of fused-ring (bicyclic) bond motifs is 5. The van der Waals surface area contributed by atoms with Gasteiger partial charge in [-0.15, -0.1) is 23.2 Å². The summed E-state index contributed by atoms with van der Waals surface area (Å²) in [6, 6.07) is 13.5. The number of alkyl halides is 2. The predicted molar refractivity (Wildman–Crippen MR) is 206 cm³/mol. The summed E-state index contributed by atoms with van der Waals surface area (Å²) in [5, 5.41) is 9.60. The van der Waals surface area contributed by atoms with Gasteiger partial charge in [0, 0.05) is 50.0 Å². The van der Waals surface area contributed by atoms with E-state index in [1.165, 1.54) is 40.3 Å². The first-order valence-electron chi connectivity index (χ1n) is 17.9. The van der Waals surface area contributed by atoms with Crippen LogP contribution in [0.15, 0.2) is 86.7 Å². The molecule has 0 bridgehead atoms. The van der Waals surface area contributed by atoms with Gasteiger partial charge in [0.1, 0.15) is 23.9 Å². The summed E-state index contributed by atoms with van der Waals surface area (Å²) in [4.78, 5) is 72.0. The normalized spacial score (nSPS) is 22.6. The average molecular weight is 822 g/mol. The number of benzene rings is 3. The number of halogens is 3. The van der Waals surface area contributed by atoms with E-state index in [9.17, 15) is 33.5 Å². The monoisotopic (exact) mass is 820 g/mol. The molecule has 1 saturated carbocycles. The number of nitrogens with zero attached hydrogens (tertiary/aromatic N) is 6. The fourth-order valence-corrected chi connectivity index (χ4v) is 9.25. The van der Waals surface area contributed by atoms with Crippen molar-refractivity contribution in [3.05, 3.63) is 121 Å². The summed E-state index contributed by atoms with van der Waals surface area (Å²) in [5.41, 5.74) is -0.0624. The fraction of sp³-hybridized carbons (Fsp3) is 0.333. The van der Waals surface area contributed by atoms with E-state index in [0.717, 1.165) is 21.6 Å². The van der Waals surface area contributed by atoms with Crippen LogP contribution in [0.1, 0.15) is 29.6 Å². The number of ether oxygens (including phenoxy) is 3. The van der Waals surface area contributed by atoms with E-state index in [2.05, 4.69) is 4.98 Å². The van der Waals surface area contributed by atoms with Crippen molar-refractivity contribution in [2.24, 2.45) is 7.05 Å². The van der Waals surface area contributed by atoms with Gasteiger partial charge in [-0.2, -0.15) is 0 Å². The lowest BCUT2D eigenvalue weighted by Crippen LogP contribution is -2.59. The van der Waals surface area contributed by atoms with Crippen LogP contribution in [0.3, 0.4) is 0 Å². The molecule has 0 unspecified atom stereocenters. The van der Waals surface area contributed by atoms with Crippen LogP contribution in [-0.2, 0) is 36.1 Å². The summed E-state index contributed by atoms with van der Waals surface area (Å²) in [6.45, 7) is -0.783. The van der Waals surface area contributed by atoms with Gasteiger partial charge in [-0.25, -0.2) is 37.8 Å². The number of anilines is 1. The highest BCUT2D eigenvalue weighted by molar-refractivity contribution is 6.58. The molecule has 4 heterocycles. The molecule has 2 fully saturated rings. The number of amides is 2. The van der Waals surface area contributed by atoms with E-state index in [0.29, 0.717) is 33.7 Å². The molecule has 2 aliphatic heterocycles. The number of carbonyl (C=O) groups is 2. The van der Waals surface area contributed by atoms with Gasteiger partial charge in [0.15, 0.2) is 21.2 Å². The molecule has 15 nitrogen and oxygen atoms in total. The maximum Gasteiger partial charge on any atom is 0.347 e. The van der Waals surface area contributed by atoms with E-state index in [1.807, 2.05) is 0 Å². The van der Waals surface area contributed by atoms with Crippen molar-refractivity contribution in [3.63, 3.8) is 0 Å². The minimum absolute atomic E-state index is 0.0348. The number of imide groups is 1. The number of hydrogen-bond donors (Lipinski definition) is 1. The van der Waals surface area contributed by atoms with Gasteiger partial charge in [0.2, 0.25) is 0 Å². The first-order chi connectivity index (χ1) is 27.3. The number of aliphatic hydroxyl groups excluding tert-OH is 1. The van der Waals surface area contributed by atoms with Gasteiger partial charge in [-0.3, -0.25) is 14.4 Å². The van der Waals surface area contributed by atoms with Crippen molar-refractivity contribution >= 4 is 51.7 Å². The SMILES string of the molecule is COc1cc2nc(CCn3c(=O)n4n(c3=O)[C@@H]3C[C@@]5(Cl)C(=O)N(c6ccc(F)cc6)C(=O)[C@@]5(Cl)[C@@H](c5ccccc5OCCO)C3=CC4)c(=O)n(C)c2cc1OC. The van der Waals surface area contributed by atoms with Crippen LogP contribution in [-0.4, -0.2) is 77.6 Å². The molecule has 1 saturated heterocycles. The largest absolute Gasteiger partial charge is 0.493 e. The highest BCUT2D eigenvalue weighted by Crippen LogP contribution is 2.64. The lowest BCUT2D eigenvalue weighted by molar-refractivity contribution is -0.122. The summed E-state index contributed by atoms with van der Waals surface area (Å²) < 4.78 is 35.5. The molecule has 0 spiro atoms. The Kier molecular flexibility index (Phi) is 9.40. The first-order valence-corrected chi connectivity index (χ1v) is 18.6. The highest BCUT2D eigenvalue weighted by Gasteiger charge is 2.76. The third-order valence-electron chi connectivity index (χ3n) is 11.0. The predicted octanol–water partition coefficient (Wildman–Crippen LogP) is 3.03. The molecule has 2 amide bonds. The maximum absolute atomic E-state index is 14.7. The Labute approximate surface area is 332 Å². The Hall–Kier alpha value is -5.71. The number of para-hydroxylation sites is 1. The topological polar surface area (TPSA) is 169 Å². The Bertz CT molecular complexity index is 2710. The number of carbonyl (C=O) groups excluding carboxylic acids is 2. The standard InChI is InChI=1S/C39H35Cl2FN6O9/c1-44-27-19-31(56-3)30(55-2)18-26(27)43-25(33(44)50)13-14-45-36(53)46-15-12-23-28(48(46)37(45)54)20-38(40)34(51)47(22-10-8-21(42)9-11-22)35(52)39(38,41)32(23)24-6-4-5-7-29(24)57-17-16-49/h4-12,18-19,28,32,49H,13-17,20H2,1-3H3/t28-,32-,38-,39+/m1/s1. The number of hydrogen-bond acceptors (Lipinski definition) is 10. The number of aryl methyl sites for hydroxylation is 2. The Balaban J connectivity index is 1.23. The molecule has 5 aromatic rings. The molecular formula is C39H35Cl2FN6O9. The molecule has 1 aliphatic carbocycles. The molecular weight excluding hydrogens is 786 g/mol. The van der Waals surface area contributed by atoms with E-state index in [4.69, 9.17) is 37.4 Å². The molecule has 2 aromatic heterocycles. The molecule has 8 rings (SSSR count). The van der Waals surface area contributed by atoms with Gasteiger partial charge >= 0.3 is 11.4 Å². The third kappa shape index (κ3) is 5.56. The van der Waals surface area contributed by atoms with E-state index < -0.39 is 56.3 Å². The molecule has 1 N–H and O–H groups in total. The number of rotatable bonds is 10. The quantitative estimate of drug-likeness (QED) is 0.126. The molecule has 57 heavy (non-hydrogen) atoms. The van der Waals surface area contributed by atoms with Gasteiger partial charge in [0.25, 0.3) is 17.4 Å². The van der Waals surface area contributed by atoms with Crippen molar-refractivity contribution in [1.29, 1.82) is 0 Å². The van der Waals surface area contributed by atoms with Crippen LogP contribution >= 0.6 is 23.2 Å². The lowest BCUT2D eigenvalue weighted by Gasteiger charge is -2.49. The number of allylic oxidation sites excluding steroid dienone is 2. The molecule has 18 heteroatoms. The van der Waals surface area contributed by atoms with E-state index >= 15 is 0 Å². The Morgan fingerprint density at radius 3 is 2.33 bits per heavy atom. The Morgan fingerprint density at radius 1 is 0.930 bits per heavy atom. The average Bonchev–Trinajstić information content (AvgIpc) is 3.54. The lowest BCUT2D eigenvalue weighted by atomic mass is 9.64. The van der Waals surface area contributed by atoms with Crippen LogP contribution < -0.4 is 36.0 Å². The summed E-state index contributed by atoms with van der Waals surface area (Å²) in [6.07, 6.45) is 1.21. The van der Waals surface area contributed by atoms with Crippen LogP contribution in [0.2, 0.25) is 0 Å². The molecule has 4 atom stereocenters. The number of aromatic nitrogens is 5. The minimum atomic E-state index is -2.21. The zero-order chi connectivity index (χ0) is 40.6. The van der Waals surface area contributed by atoms with E-state index in [-0.39, 0.29) is 56.3 Å². The van der Waals surface area contributed by atoms with Gasteiger partial charge in [-0.05, 0) is 35.9 Å². The summed E-state index contributed by atoms with van der Waals surface area (Å²) in [5.74, 6) is -2.52. The first kappa shape index (κ1) is 38.2. The summed E-state index contributed by atoms with van der Waals surface area (Å²) in [7, 11) is 4.52. The van der Waals surface area contributed by atoms with Crippen LogP contribution in [0, 0.1) is 5.82 Å². The Morgan fingerprint density at radius 2 is 1.63 bits per heavy atom. The number of methoxy groups -OCH3 is 2. The second-order valence-electron chi connectivity index (χ2n) is 13.9. The van der Waals surface area contributed by atoms with Crippen molar-refractivity contribution in [2.75, 3.05) is 32.3 Å². The van der Waals surface area contributed by atoms with Gasteiger partial charge < -0.3 is 23.9 Å². The van der Waals surface area contributed by atoms with Gasteiger partial charge in [0.05, 0.1) is 50.1 Å². The summed E-state index contributed by atoms with van der Waals surface area (Å²) >= 11 is 14.9. The number of aliphatic hydroxyl groups is 1. The molecule has 3 aromatic carbocycles. The second kappa shape index (κ2) is 14.0. The third-order valence-corrected chi connectivity index (χ3v) is 12.5. The van der Waals surface area contributed by atoms with Crippen molar-refractivity contribution in [1.82, 2.24) is 23.5 Å². The van der Waals surface area contributed by atoms with E-state index in [1.54, 1.807) is 49.5 Å². The smallest absolute Gasteiger partial charge is 0.347 e. The van der Waals surface area contributed by atoms with Crippen molar-refractivity contribution < 1.29 is 33.3 Å². The molecule has 0 radical (unpaired) electrons. The van der Waals surface area contributed by atoms with Crippen molar-refractivity contribution in [3.8, 4) is 17.2 Å². The zero-order valence-electron chi connectivity index (χ0n) is 30.8. The fourth-order valence-electron chi connectivity index (χ4n) is 8.34. The zero-order valence-corrected chi connectivity index (χ0v) is 32.3. The highest BCUT2D eigenvalue weighted by atomic mass is 35.5. The maximum atomic E-state index is 14.7. The second-order valence-corrected chi connectivity index (χ2v) is 15.2. The van der Waals surface area contributed by atoms with Crippen LogP contribution in [0.25, 0.3) is 11.0 Å². The van der Waals surface area contributed by atoms with Gasteiger partial charge in [-0.1, -0.05) is 24.3 Å². The minimum Gasteiger partial charge on any atom is -0.493 e. The van der Waals surface area contributed by atoms with Crippen LogP contribution in [0.5, 0.6) is 17.2 Å². The van der Waals surface area contributed by atoms with Crippen LogP contribution in [0.4, 0.5) is 10.1 Å². The van der Waals surface area contributed by atoms with Crippen molar-refractivity contribution in [2.45, 2.75) is 47.6 Å². The molecule has 296 valence electrons. The molecule has 3 aliphatic rings.